The maximum absolute atomic E-state index is 10.7. The third-order valence-corrected chi connectivity index (χ3v) is 2.84. The molecule has 2 rings (SSSR count). The van der Waals surface area contributed by atoms with Crippen LogP contribution in [0.5, 0.6) is 0 Å². The fraction of sp³-hybridized carbons (Fsp3) is 0.400. The van der Waals surface area contributed by atoms with Crippen molar-refractivity contribution >= 4 is 6.29 Å². The van der Waals surface area contributed by atoms with Crippen LogP contribution in [0.15, 0.2) is 36.7 Å². The number of para-hydroxylation sites is 1. The van der Waals surface area contributed by atoms with Gasteiger partial charge in [-0.3, -0.25) is 4.79 Å². The first-order valence-corrected chi connectivity index (χ1v) is 6.82. The highest BCUT2D eigenvalue weighted by Crippen LogP contribution is 2.08. The van der Waals surface area contributed by atoms with Crippen LogP contribution in [0, 0.1) is 0 Å². The third-order valence-electron chi connectivity index (χ3n) is 2.84. The average Bonchev–Trinajstić information content (AvgIpc) is 3.02. The highest BCUT2D eigenvalue weighted by Gasteiger charge is 2.02. The SMILES string of the molecule is CCCN(C)CC.O=Cc1ccccc1-n1nccn1. The number of carbonyl (C=O) groups excluding carboxylic acids is 1. The van der Waals surface area contributed by atoms with Crippen molar-refractivity contribution in [2.45, 2.75) is 20.3 Å². The topological polar surface area (TPSA) is 51.0 Å². The second-order valence-electron chi connectivity index (χ2n) is 4.39. The van der Waals surface area contributed by atoms with Crippen LogP contribution in [0.4, 0.5) is 0 Å². The lowest BCUT2D eigenvalue weighted by atomic mass is 10.2. The van der Waals surface area contributed by atoms with Gasteiger partial charge < -0.3 is 4.90 Å². The molecule has 1 heterocycles. The van der Waals surface area contributed by atoms with E-state index in [1.807, 2.05) is 6.07 Å². The van der Waals surface area contributed by atoms with Gasteiger partial charge in [-0.2, -0.15) is 15.0 Å². The van der Waals surface area contributed by atoms with Gasteiger partial charge in [0.15, 0.2) is 6.29 Å². The normalized spacial score (nSPS) is 10.0. The van der Waals surface area contributed by atoms with Gasteiger partial charge in [0.2, 0.25) is 0 Å². The molecule has 5 heteroatoms. The van der Waals surface area contributed by atoms with E-state index < -0.39 is 0 Å². The molecule has 0 aliphatic carbocycles. The van der Waals surface area contributed by atoms with Crippen LogP contribution in [-0.4, -0.2) is 46.3 Å². The summed E-state index contributed by atoms with van der Waals surface area (Å²) in [6.07, 6.45) is 5.20. The number of nitrogens with zero attached hydrogens (tertiary/aromatic N) is 4. The minimum Gasteiger partial charge on any atom is -0.307 e. The predicted octanol–water partition coefficient (Wildman–Crippen LogP) is 2.43. The lowest BCUT2D eigenvalue weighted by Crippen LogP contribution is -2.17. The Morgan fingerprint density at radius 2 is 1.85 bits per heavy atom. The minimum absolute atomic E-state index is 0.582. The highest BCUT2D eigenvalue weighted by molar-refractivity contribution is 5.80. The maximum atomic E-state index is 10.7. The number of benzene rings is 1. The lowest BCUT2D eigenvalue weighted by Gasteiger charge is -2.10. The highest BCUT2D eigenvalue weighted by atomic mass is 16.1. The smallest absolute Gasteiger partial charge is 0.152 e. The third kappa shape index (κ3) is 4.93. The molecule has 5 nitrogen and oxygen atoms in total. The van der Waals surface area contributed by atoms with E-state index in [0.717, 1.165) is 6.29 Å². The quantitative estimate of drug-likeness (QED) is 0.786. The molecule has 20 heavy (non-hydrogen) atoms. The number of aromatic nitrogens is 3. The van der Waals surface area contributed by atoms with Crippen molar-refractivity contribution in [3.05, 3.63) is 42.2 Å². The largest absolute Gasteiger partial charge is 0.307 e. The van der Waals surface area contributed by atoms with Crippen LogP contribution >= 0.6 is 0 Å². The molecule has 2 aromatic rings. The summed E-state index contributed by atoms with van der Waals surface area (Å²) in [6.45, 7) is 6.78. The Morgan fingerprint density at radius 3 is 2.35 bits per heavy atom. The molecular weight excluding hydrogens is 252 g/mol. The van der Waals surface area contributed by atoms with E-state index in [1.54, 1.807) is 30.6 Å². The molecule has 0 aliphatic heterocycles. The van der Waals surface area contributed by atoms with Gasteiger partial charge in [0.05, 0.1) is 18.1 Å². The maximum Gasteiger partial charge on any atom is 0.152 e. The second kappa shape index (κ2) is 8.98. The summed E-state index contributed by atoms with van der Waals surface area (Å²) in [7, 11) is 2.14. The molecule has 108 valence electrons. The van der Waals surface area contributed by atoms with Gasteiger partial charge in [-0.1, -0.05) is 26.0 Å². The van der Waals surface area contributed by atoms with E-state index in [4.69, 9.17) is 0 Å². The zero-order chi connectivity index (χ0) is 14.8. The first kappa shape index (κ1) is 16.0. The van der Waals surface area contributed by atoms with Crippen LogP contribution in [0.25, 0.3) is 5.69 Å². The van der Waals surface area contributed by atoms with E-state index in [-0.39, 0.29) is 0 Å². The van der Waals surface area contributed by atoms with Crippen LogP contribution in [0.1, 0.15) is 30.6 Å². The molecule has 0 spiro atoms. The molecule has 0 saturated heterocycles. The van der Waals surface area contributed by atoms with Crippen molar-refractivity contribution in [1.29, 1.82) is 0 Å². The molecule has 0 unspecified atom stereocenters. The summed E-state index contributed by atoms with van der Waals surface area (Å²) in [4.78, 5) is 14.4. The Morgan fingerprint density at radius 1 is 1.20 bits per heavy atom. The van der Waals surface area contributed by atoms with Crippen LogP contribution in [0.2, 0.25) is 0 Å². The van der Waals surface area contributed by atoms with Gasteiger partial charge in [0.1, 0.15) is 0 Å². The lowest BCUT2D eigenvalue weighted by molar-refractivity contribution is 0.112. The average molecular weight is 274 g/mol. The van der Waals surface area contributed by atoms with Gasteiger partial charge in [0, 0.05) is 5.56 Å². The number of carbonyl (C=O) groups is 1. The Hall–Kier alpha value is -2.01. The van der Waals surface area contributed by atoms with Crippen molar-refractivity contribution in [2.24, 2.45) is 0 Å². The van der Waals surface area contributed by atoms with Gasteiger partial charge in [-0.15, -0.1) is 0 Å². The molecule has 0 fully saturated rings. The first-order valence-electron chi connectivity index (χ1n) is 6.82. The minimum atomic E-state index is 0.582. The molecule has 1 aromatic heterocycles. The second-order valence-corrected chi connectivity index (χ2v) is 4.39. The number of hydrogen-bond donors (Lipinski definition) is 0. The van der Waals surface area contributed by atoms with E-state index in [1.165, 1.54) is 24.3 Å². The molecular formula is C15H22N4O. The molecule has 0 bridgehead atoms. The van der Waals surface area contributed by atoms with Crippen molar-refractivity contribution in [3.8, 4) is 5.69 Å². The predicted molar refractivity (Wildman–Crippen MR) is 80.2 cm³/mol. The van der Waals surface area contributed by atoms with Crippen LogP contribution in [-0.2, 0) is 0 Å². The molecule has 1 aromatic carbocycles. The number of aldehydes is 1. The van der Waals surface area contributed by atoms with Crippen molar-refractivity contribution in [3.63, 3.8) is 0 Å². The van der Waals surface area contributed by atoms with Gasteiger partial charge in [0.25, 0.3) is 0 Å². The Labute approximate surface area is 120 Å². The molecule has 0 atom stereocenters. The van der Waals surface area contributed by atoms with Crippen LogP contribution < -0.4 is 0 Å². The Balaban J connectivity index is 0.000000246. The summed E-state index contributed by atoms with van der Waals surface area (Å²) in [5.74, 6) is 0. The fourth-order valence-corrected chi connectivity index (χ4v) is 1.65. The zero-order valence-corrected chi connectivity index (χ0v) is 12.4. The van der Waals surface area contributed by atoms with E-state index >= 15 is 0 Å². The summed E-state index contributed by atoms with van der Waals surface area (Å²) in [5.41, 5.74) is 1.28. The zero-order valence-electron chi connectivity index (χ0n) is 12.4. The number of rotatable bonds is 5. The van der Waals surface area contributed by atoms with Gasteiger partial charge in [-0.05, 0) is 38.7 Å². The summed E-state index contributed by atoms with van der Waals surface area (Å²) < 4.78 is 0. The van der Waals surface area contributed by atoms with Crippen molar-refractivity contribution in [1.82, 2.24) is 19.9 Å². The first-order chi connectivity index (χ1) is 9.72. The van der Waals surface area contributed by atoms with E-state index in [9.17, 15) is 4.79 Å². The van der Waals surface area contributed by atoms with Crippen LogP contribution in [0.3, 0.4) is 0 Å². The van der Waals surface area contributed by atoms with Gasteiger partial charge >= 0.3 is 0 Å². The molecule has 0 aliphatic rings. The standard InChI is InChI=1S/C9H7N3O.C6H15N/c13-7-8-3-1-2-4-9(8)12-10-5-6-11-12;1-4-6-7(3)5-2/h1-7H;4-6H2,1-3H3. The molecule has 0 amide bonds. The monoisotopic (exact) mass is 274 g/mol. The Bertz CT molecular complexity index is 496. The Kier molecular flexibility index (Phi) is 7.21. The van der Waals surface area contributed by atoms with E-state index in [2.05, 4.69) is 36.0 Å². The summed E-state index contributed by atoms with van der Waals surface area (Å²) in [6, 6.07) is 7.16. The molecule has 0 radical (unpaired) electrons. The molecule has 0 saturated carbocycles. The van der Waals surface area contributed by atoms with Crippen molar-refractivity contribution in [2.75, 3.05) is 20.1 Å². The van der Waals surface area contributed by atoms with E-state index in [0.29, 0.717) is 11.3 Å². The van der Waals surface area contributed by atoms with Gasteiger partial charge in [-0.25, -0.2) is 0 Å². The molecule has 0 N–H and O–H groups in total. The number of hydrogen-bond acceptors (Lipinski definition) is 4. The van der Waals surface area contributed by atoms with Crippen molar-refractivity contribution < 1.29 is 4.79 Å². The summed E-state index contributed by atoms with van der Waals surface area (Å²) in [5, 5.41) is 7.88. The summed E-state index contributed by atoms with van der Waals surface area (Å²) >= 11 is 0. The fourth-order valence-electron chi connectivity index (χ4n) is 1.65.